The monoisotopic (exact) mass is 472 g/mol. The number of fused-ring (bicyclic) bond motifs is 2. The molecule has 2 aliphatic heterocycles. The minimum Gasteiger partial charge on any atom is -0.543 e. The maximum Gasteiger partial charge on any atom is 1.00 e. The number of guanidine groups is 1. The number of aliphatic hydroxyl groups is 1. The van der Waals surface area contributed by atoms with Crippen molar-refractivity contribution in [1.82, 2.24) is 14.3 Å². The van der Waals surface area contributed by atoms with E-state index in [2.05, 4.69) is 9.98 Å². The second-order valence-corrected chi connectivity index (χ2v) is 9.43. The summed E-state index contributed by atoms with van der Waals surface area (Å²) in [5.41, 5.74) is 11.1. The molecular formula is C18H21N6NaO4S2. The number of β-lactam (4-membered cyclic amide) rings is 1. The SMILES string of the molecule is C[C@@H](O)[C@H]1C(=O)N2C(C(=O)[O-])=C(c3cn4cnc(SCCN=C(N)N)c4s3)[C@H](C)[C@H]12.[Na+]. The Morgan fingerprint density at radius 1 is 1.48 bits per heavy atom. The van der Waals surface area contributed by atoms with Crippen molar-refractivity contribution in [1.29, 1.82) is 0 Å². The van der Waals surface area contributed by atoms with Crippen molar-refractivity contribution in [2.45, 2.75) is 31.0 Å². The normalized spacial score (nSPS) is 23.4. The third-order valence-corrected chi connectivity index (χ3v) is 7.67. The van der Waals surface area contributed by atoms with Crippen molar-refractivity contribution in [3.05, 3.63) is 23.1 Å². The molecule has 2 aromatic rings. The van der Waals surface area contributed by atoms with Gasteiger partial charge in [-0.25, -0.2) is 4.98 Å². The number of carboxylic acid groups (broad SMARTS) is 1. The molecule has 13 heteroatoms. The van der Waals surface area contributed by atoms with E-state index >= 15 is 0 Å². The maximum atomic E-state index is 12.5. The molecule has 1 saturated heterocycles. The summed E-state index contributed by atoms with van der Waals surface area (Å²) in [6.45, 7) is 3.89. The number of nitrogens with zero attached hydrogens (tertiary/aromatic N) is 4. The average Bonchev–Trinajstić information content (AvgIpc) is 3.28. The Balaban J connectivity index is 0.00000272. The van der Waals surface area contributed by atoms with Crippen LogP contribution in [0.1, 0.15) is 18.7 Å². The fourth-order valence-electron chi connectivity index (χ4n) is 4.20. The van der Waals surface area contributed by atoms with E-state index in [1.165, 1.54) is 28.0 Å². The molecule has 0 aliphatic carbocycles. The van der Waals surface area contributed by atoms with Crippen LogP contribution >= 0.6 is 23.1 Å². The molecule has 4 heterocycles. The van der Waals surface area contributed by atoms with Crippen molar-refractivity contribution in [3.63, 3.8) is 0 Å². The molecule has 4 rings (SSSR count). The Kier molecular flexibility index (Phi) is 7.08. The topological polar surface area (TPSA) is 162 Å². The zero-order valence-electron chi connectivity index (χ0n) is 17.3. The summed E-state index contributed by atoms with van der Waals surface area (Å²) < 4.78 is 1.83. The summed E-state index contributed by atoms with van der Waals surface area (Å²) in [7, 11) is 0. The number of nitrogens with two attached hydrogens (primary N) is 2. The number of aliphatic carboxylic acids is 1. The van der Waals surface area contributed by atoms with Gasteiger partial charge in [-0.15, -0.1) is 23.1 Å². The van der Waals surface area contributed by atoms with Crippen LogP contribution in [0.15, 0.2) is 28.2 Å². The van der Waals surface area contributed by atoms with Crippen LogP contribution in [-0.4, -0.2) is 61.7 Å². The predicted molar refractivity (Wildman–Crippen MR) is 111 cm³/mol. The van der Waals surface area contributed by atoms with Gasteiger partial charge in [-0.05, 0) is 6.92 Å². The quantitative estimate of drug-likeness (QED) is 0.0919. The minimum absolute atomic E-state index is 0. The van der Waals surface area contributed by atoms with Gasteiger partial charge in [0.05, 0.1) is 41.2 Å². The summed E-state index contributed by atoms with van der Waals surface area (Å²) in [5.74, 6) is -1.94. The van der Waals surface area contributed by atoms with Gasteiger partial charge in [-0.1, -0.05) is 6.92 Å². The number of hydrogen-bond donors (Lipinski definition) is 3. The Hall–Kier alpha value is -1.57. The number of aliphatic hydroxyl groups excluding tert-OH is 1. The number of carbonyl (C=O) groups excluding carboxylic acids is 2. The number of thiazole rings is 1. The molecule has 2 aliphatic rings. The molecule has 0 bridgehead atoms. The molecule has 2 aromatic heterocycles. The summed E-state index contributed by atoms with van der Waals surface area (Å²) in [5, 5.41) is 22.7. The first kappa shape index (κ1) is 24.1. The molecule has 0 spiro atoms. The Bertz CT molecular complexity index is 1090. The largest absolute Gasteiger partial charge is 1.00 e. The Morgan fingerprint density at radius 2 is 2.19 bits per heavy atom. The molecule has 4 atom stereocenters. The van der Waals surface area contributed by atoms with Crippen LogP contribution in [0, 0.1) is 11.8 Å². The van der Waals surface area contributed by atoms with Crippen LogP contribution in [0.2, 0.25) is 0 Å². The fraction of sp³-hybridized carbons (Fsp3) is 0.444. The van der Waals surface area contributed by atoms with E-state index in [0.29, 0.717) is 17.9 Å². The summed E-state index contributed by atoms with van der Waals surface area (Å²) in [6, 6.07) is -0.381. The van der Waals surface area contributed by atoms with Crippen molar-refractivity contribution in [2.75, 3.05) is 12.3 Å². The molecule has 5 N–H and O–H groups in total. The minimum atomic E-state index is -1.39. The van der Waals surface area contributed by atoms with E-state index in [1.54, 1.807) is 13.3 Å². The zero-order valence-corrected chi connectivity index (χ0v) is 20.9. The number of aliphatic imine (C=N–C) groups is 1. The smallest absolute Gasteiger partial charge is 0.543 e. The number of carbonyl (C=O) groups is 2. The van der Waals surface area contributed by atoms with Crippen LogP contribution in [0.5, 0.6) is 0 Å². The van der Waals surface area contributed by atoms with Gasteiger partial charge in [0, 0.05) is 23.4 Å². The number of aromatic nitrogens is 2. The van der Waals surface area contributed by atoms with Crippen LogP contribution in [0.3, 0.4) is 0 Å². The van der Waals surface area contributed by atoms with E-state index in [-0.39, 0.29) is 59.1 Å². The first-order valence-corrected chi connectivity index (χ1v) is 11.1. The molecule has 1 amide bonds. The molecule has 0 unspecified atom stereocenters. The molecule has 10 nitrogen and oxygen atoms in total. The number of hydrogen-bond acceptors (Lipinski definition) is 8. The first-order valence-electron chi connectivity index (χ1n) is 9.34. The summed E-state index contributed by atoms with van der Waals surface area (Å²) in [6.07, 6.45) is 2.63. The van der Waals surface area contributed by atoms with Crippen molar-refractivity contribution in [2.24, 2.45) is 28.3 Å². The molecule has 31 heavy (non-hydrogen) atoms. The second kappa shape index (κ2) is 9.12. The number of amides is 1. The third kappa shape index (κ3) is 4.00. The van der Waals surface area contributed by atoms with Crippen LogP contribution in [0.4, 0.5) is 0 Å². The van der Waals surface area contributed by atoms with Gasteiger partial charge in [-0.2, -0.15) is 0 Å². The Labute approximate surface area is 208 Å². The molecular weight excluding hydrogens is 451 g/mol. The predicted octanol–water partition coefficient (Wildman–Crippen LogP) is -3.92. The van der Waals surface area contributed by atoms with Gasteiger partial charge in [0.2, 0.25) is 5.91 Å². The summed E-state index contributed by atoms with van der Waals surface area (Å²) >= 11 is 2.90. The number of imidazole rings is 1. The van der Waals surface area contributed by atoms with E-state index in [0.717, 1.165) is 14.7 Å². The molecule has 0 aromatic carbocycles. The van der Waals surface area contributed by atoms with E-state index < -0.39 is 18.0 Å². The van der Waals surface area contributed by atoms with Gasteiger partial charge in [-0.3, -0.25) is 14.2 Å². The number of rotatable bonds is 7. The van der Waals surface area contributed by atoms with Gasteiger partial charge in [0.15, 0.2) is 5.96 Å². The van der Waals surface area contributed by atoms with E-state index in [4.69, 9.17) is 11.5 Å². The zero-order chi connectivity index (χ0) is 21.7. The van der Waals surface area contributed by atoms with Gasteiger partial charge in [0.1, 0.15) is 16.2 Å². The van der Waals surface area contributed by atoms with Gasteiger partial charge >= 0.3 is 29.6 Å². The fourth-order valence-corrected chi connectivity index (χ4v) is 6.34. The van der Waals surface area contributed by atoms with Crippen molar-refractivity contribution in [3.8, 4) is 0 Å². The first-order chi connectivity index (χ1) is 14.2. The Morgan fingerprint density at radius 3 is 2.81 bits per heavy atom. The molecule has 160 valence electrons. The van der Waals surface area contributed by atoms with E-state index in [1.807, 2.05) is 17.5 Å². The van der Waals surface area contributed by atoms with Gasteiger partial charge < -0.3 is 31.4 Å². The second-order valence-electron chi connectivity index (χ2n) is 7.32. The standard InChI is InChI=1S/C18H22N6O4S2.Na/c1-7-10(13(17(27)28)24-12(7)11(8(2)25)15(24)26)9-5-23-6-22-14(16(23)30-9)29-4-3-21-18(19)20;/h5-8,11-12,25H,3-4H2,1-2H3,(H,27,28)(H4,19,20,21);/q;+1/p-1/t7-,8+,11+,12+;/m0./s1. The third-order valence-electron chi connectivity index (χ3n) is 5.44. The number of thioether (sulfide) groups is 1. The summed E-state index contributed by atoms with van der Waals surface area (Å²) in [4.78, 5) is 35.6. The maximum absolute atomic E-state index is 12.5. The van der Waals surface area contributed by atoms with Gasteiger partial charge in [0.25, 0.3) is 0 Å². The molecule has 0 saturated carbocycles. The average molecular weight is 473 g/mol. The number of carboxylic acids is 1. The van der Waals surface area contributed by atoms with Crippen LogP contribution in [-0.2, 0) is 9.59 Å². The van der Waals surface area contributed by atoms with E-state index in [9.17, 15) is 19.8 Å². The van der Waals surface area contributed by atoms with Crippen LogP contribution < -0.4 is 46.1 Å². The molecule has 0 radical (unpaired) electrons. The van der Waals surface area contributed by atoms with Crippen molar-refractivity contribution < 1.29 is 49.4 Å². The van der Waals surface area contributed by atoms with Crippen LogP contribution in [0.25, 0.3) is 10.4 Å². The molecule has 1 fully saturated rings. The van der Waals surface area contributed by atoms with Crippen molar-refractivity contribution >= 4 is 51.3 Å².